The van der Waals surface area contributed by atoms with Crippen molar-refractivity contribution in [1.82, 2.24) is 4.90 Å². The average Bonchev–Trinajstić information content (AvgIpc) is 3.61. The standard InChI is InChI=1S/C28H33NO5S/c1-31-25-14-13-24(26(32-2)27(25)33-3)28(30)29(21-9-4-5-10-21)19-20-8-6-11-22(18-20)34-16-15-23-12-7-17-35-23/h6-8,11-14,17-18,21H,4-5,9-10,15-16,19H2,1-3H3. The highest BCUT2D eigenvalue weighted by molar-refractivity contribution is 7.09. The van der Waals surface area contributed by atoms with Gasteiger partial charge in [0, 0.05) is 23.9 Å². The van der Waals surface area contributed by atoms with E-state index >= 15 is 0 Å². The van der Waals surface area contributed by atoms with Crippen LogP contribution in [0.3, 0.4) is 0 Å². The zero-order valence-electron chi connectivity index (χ0n) is 20.6. The van der Waals surface area contributed by atoms with Crippen LogP contribution in [0, 0.1) is 0 Å². The maximum absolute atomic E-state index is 13.9. The van der Waals surface area contributed by atoms with Crippen molar-refractivity contribution in [1.29, 1.82) is 0 Å². The van der Waals surface area contributed by atoms with Gasteiger partial charge in [0.05, 0.1) is 33.5 Å². The van der Waals surface area contributed by atoms with E-state index in [1.165, 1.54) is 4.88 Å². The molecule has 186 valence electrons. The molecule has 0 aliphatic heterocycles. The third-order valence-electron chi connectivity index (χ3n) is 6.41. The van der Waals surface area contributed by atoms with Crippen molar-refractivity contribution in [3.05, 3.63) is 69.9 Å². The largest absolute Gasteiger partial charge is 0.493 e. The smallest absolute Gasteiger partial charge is 0.258 e. The fourth-order valence-electron chi connectivity index (χ4n) is 4.66. The van der Waals surface area contributed by atoms with Crippen LogP contribution in [0.1, 0.15) is 46.5 Å². The van der Waals surface area contributed by atoms with E-state index in [9.17, 15) is 4.79 Å². The molecule has 1 fully saturated rings. The van der Waals surface area contributed by atoms with Crippen LogP contribution in [0.4, 0.5) is 0 Å². The van der Waals surface area contributed by atoms with Crippen LogP contribution < -0.4 is 18.9 Å². The van der Waals surface area contributed by atoms with Gasteiger partial charge in [0.2, 0.25) is 5.75 Å². The minimum absolute atomic E-state index is 0.0706. The topological polar surface area (TPSA) is 57.2 Å². The van der Waals surface area contributed by atoms with E-state index in [2.05, 4.69) is 17.5 Å². The fraction of sp³-hybridized carbons (Fsp3) is 0.393. The molecule has 4 rings (SSSR count). The molecule has 1 aliphatic rings. The Hall–Kier alpha value is -3.19. The summed E-state index contributed by atoms with van der Waals surface area (Å²) in [5, 5.41) is 2.08. The van der Waals surface area contributed by atoms with Gasteiger partial charge in [0.25, 0.3) is 5.91 Å². The summed E-state index contributed by atoms with van der Waals surface area (Å²) in [7, 11) is 4.66. The van der Waals surface area contributed by atoms with Gasteiger partial charge in [0.15, 0.2) is 11.5 Å². The Morgan fingerprint density at radius 2 is 1.77 bits per heavy atom. The van der Waals surface area contributed by atoms with E-state index in [0.29, 0.717) is 36.0 Å². The molecule has 2 aromatic carbocycles. The second-order valence-corrected chi connectivity index (χ2v) is 9.61. The average molecular weight is 496 g/mol. The molecule has 7 heteroatoms. The number of hydrogen-bond acceptors (Lipinski definition) is 6. The van der Waals surface area contributed by atoms with Crippen LogP contribution in [-0.4, -0.2) is 44.8 Å². The summed E-state index contributed by atoms with van der Waals surface area (Å²) in [6, 6.07) is 15.9. The lowest BCUT2D eigenvalue weighted by Gasteiger charge is -2.30. The van der Waals surface area contributed by atoms with Crippen LogP contribution in [0.25, 0.3) is 0 Å². The van der Waals surface area contributed by atoms with Crippen molar-refractivity contribution >= 4 is 17.2 Å². The Morgan fingerprint density at radius 1 is 0.971 bits per heavy atom. The lowest BCUT2D eigenvalue weighted by Crippen LogP contribution is -2.38. The summed E-state index contributed by atoms with van der Waals surface area (Å²) < 4.78 is 22.5. The molecule has 3 aromatic rings. The van der Waals surface area contributed by atoms with E-state index in [1.807, 2.05) is 29.2 Å². The lowest BCUT2D eigenvalue weighted by molar-refractivity contribution is 0.0660. The van der Waals surface area contributed by atoms with Crippen molar-refractivity contribution in [3.8, 4) is 23.0 Å². The summed E-state index contributed by atoms with van der Waals surface area (Å²) in [6.07, 6.45) is 5.14. The lowest BCUT2D eigenvalue weighted by atomic mass is 10.1. The third-order valence-corrected chi connectivity index (χ3v) is 7.35. The first-order valence-corrected chi connectivity index (χ1v) is 12.9. The van der Waals surface area contributed by atoms with Gasteiger partial charge in [-0.15, -0.1) is 11.3 Å². The van der Waals surface area contributed by atoms with Crippen molar-refractivity contribution in [2.45, 2.75) is 44.7 Å². The van der Waals surface area contributed by atoms with E-state index in [-0.39, 0.29) is 11.9 Å². The van der Waals surface area contributed by atoms with Gasteiger partial charge in [-0.2, -0.15) is 0 Å². The maximum Gasteiger partial charge on any atom is 0.258 e. The van der Waals surface area contributed by atoms with Crippen molar-refractivity contribution < 1.29 is 23.7 Å². The van der Waals surface area contributed by atoms with Crippen LogP contribution in [0.2, 0.25) is 0 Å². The van der Waals surface area contributed by atoms with Gasteiger partial charge in [-0.05, 0) is 54.1 Å². The third kappa shape index (κ3) is 5.90. The molecule has 6 nitrogen and oxygen atoms in total. The zero-order chi connectivity index (χ0) is 24.6. The van der Waals surface area contributed by atoms with Gasteiger partial charge >= 0.3 is 0 Å². The molecular formula is C28H33NO5S. The molecule has 0 spiro atoms. The van der Waals surface area contributed by atoms with E-state index < -0.39 is 0 Å². The Balaban J connectivity index is 1.55. The molecule has 0 radical (unpaired) electrons. The number of benzene rings is 2. The number of amides is 1. The number of ether oxygens (including phenoxy) is 4. The zero-order valence-corrected chi connectivity index (χ0v) is 21.4. The highest BCUT2D eigenvalue weighted by Gasteiger charge is 2.31. The second-order valence-electron chi connectivity index (χ2n) is 8.58. The molecule has 1 aliphatic carbocycles. The molecule has 0 unspecified atom stereocenters. The summed E-state index contributed by atoms with van der Waals surface area (Å²) >= 11 is 1.74. The molecule has 0 bridgehead atoms. The Morgan fingerprint density at radius 3 is 2.46 bits per heavy atom. The number of methoxy groups -OCH3 is 3. The first kappa shape index (κ1) is 24.9. The molecule has 1 aromatic heterocycles. The summed E-state index contributed by atoms with van der Waals surface area (Å²) in [5.41, 5.74) is 1.51. The number of carbonyl (C=O) groups is 1. The highest BCUT2D eigenvalue weighted by Crippen LogP contribution is 2.41. The van der Waals surface area contributed by atoms with Gasteiger partial charge in [0.1, 0.15) is 5.75 Å². The van der Waals surface area contributed by atoms with Crippen molar-refractivity contribution in [3.63, 3.8) is 0 Å². The second kappa shape index (κ2) is 12.0. The molecule has 0 saturated heterocycles. The Kier molecular flexibility index (Phi) is 8.53. The minimum atomic E-state index is -0.0706. The quantitative estimate of drug-likeness (QED) is 0.328. The molecule has 0 N–H and O–H groups in total. The maximum atomic E-state index is 13.9. The SMILES string of the molecule is COc1ccc(C(=O)N(Cc2cccc(OCCc3cccs3)c2)C2CCCC2)c(OC)c1OC. The molecular weight excluding hydrogens is 462 g/mol. The number of hydrogen-bond donors (Lipinski definition) is 0. The van der Waals surface area contributed by atoms with Crippen LogP contribution in [-0.2, 0) is 13.0 Å². The summed E-state index contributed by atoms with van der Waals surface area (Å²) in [5.74, 6) is 2.10. The number of rotatable bonds is 11. The van der Waals surface area contributed by atoms with E-state index in [1.54, 1.807) is 44.8 Å². The molecule has 1 heterocycles. The monoisotopic (exact) mass is 495 g/mol. The van der Waals surface area contributed by atoms with Gasteiger partial charge in [-0.3, -0.25) is 4.79 Å². The minimum Gasteiger partial charge on any atom is -0.493 e. The van der Waals surface area contributed by atoms with Crippen LogP contribution in [0.5, 0.6) is 23.0 Å². The van der Waals surface area contributed by atoms with E-state index in [0.717, 1.165) is 43.4 Å². The summed E-state index contributed by atoms with van der Waals surface area (Å²) in [4.78, 5) is 17.2. The number of carbonyl (C=O) groups excluding carboxylic acids is 1. The van der Waals surface area contributed by atoms with Crippen molar-refractivity contribution in [2.75, 3.05) is 27.9 Å². The van der Waals surface area contributed by atoms with Crippen LogP contribution in [0.15, 0.2) is 53.9 Å². The summed E-state index contributed by atoms with van der Waals surface area (Å²) in [6.45, 7) is 1.13. The molecule has 35 heavy (non-hydrogen) atoms. The number of thiophene rings is 1. The molecule has 1 saturated carbocycles. The van der Waals surface area contributed by atoms with Crippen LogP contribution >= 0.6 is 11.3 Å². The van der Waals surface area contributed by atoms with Gasteiger partial charge < -0.3 is 23.8 Å². The number of nitrogens with zero attached hydrogens (tertiary/aromatic N) is 1. The fourth-order valence-corrected chi connectivity index (χ4v) is 5.35. The normalized spacial score (nSPS) is 13.5. The first-order chi connectivity index (χ1) is 17.1. The van der Waals surface area contributed by atoms with Crippen molar-refractivity contribution in [2.24, 2.45) is 0 Å². The van der Waals surface area contributed by atoms with Gasteiger partial charge in [-0.1, -0.05) is 31.0 Å². The van der Waals surface area contributed by atoms with E-state index in [4.69, 9.17) is 18.9 Å². The Bertz CT molecular complexity index is 1110. The predicted molar refractivity (Wildman–Crippen MR) is 138 cm³/mol. The molecule has 1 amide bonds. The first-order valence-electron chi connectivity index (χ1n) is 12.0. The predicted octanol–water partition coefficient (Wildman–Crippen LogP) is 5.98. The molecule has 0 atom stereocenters. The Labute approximate surface area is 211 Å². The highest BCUT2D eigenvalue weighted by atomic mass is 32.1. The van der Waals surface area contributed by atoms with Gasteiger partial charge in [-0.25, -0.2) is 0 Å².